The molecule has 1 heterocycles. The Morgan fingerprint density at radius 1 is 1.40 bits per heavy atom. The highest BCUT2D eigenvalue weighted by Gasteiger charge is 2.35. The molecule has 0 radical (unpaired) electrons. The Labute approximate surface area is 135 Å². The Balaban J connectivity index is 0.00000200. The van der Waals surface area contributed by atoms with Crippen LogP contribution in [0.5, 0.6) is 0 Å². The average molecular weight is 338 g/mol. The topological polar surface area (TPSA) is 46.3 Å². The number of likely N-dealkylation sites (tertiary alicyclic amines) is 1. The van der Waals surface area contributed by atoms with Crippen molar-refractivity contribution in [3.05, 3.63) is 33.8 Å². The van der Waals surface area contributed by atoms with Gasteiger partial charge in [-0.05, 0) is 30.0 Å². The molecule has 20 heavy (non-hydrogen) atoms. The van der Waals surface area contributed by atoms with Gasteiger partial charge in [-0.3, -0.25) is 4.79 Å². The minimum absolute atomic E-state index is 0. The standard InChI is InChI=1S/C14H18Cl2N2O.ClH/c1-14(2)8-18(6-5-12(14)17)13(19)10-7-9(15)3-4-11(10)16;/h3-4,7,12H,5-6,8,17H2,1-2H3;1H. The predicted octanol–water partition coefficient (Wildman–Crippen LogP) is 3.61. The number of carbonyl (C=O) groups excluding carboxylic acids is 1. The van der Waals surface area contributed by atoms with E-state index < -0.39 is 0 Å². The number of nitrogens with zero attached hydrogens (tertiary/aromatic N) is 1. The van der Waals surface area contributed by atoms with Crippen LogP contribution in [0.3, 0.4) is 0 Å². The molecule has 0 bridgehead atoms. The van der Waals surface area contributed by atoms with Crippen molar-refractivity contribution in [2.75, 3.05) is 13.1 Å². The Morgan fingerprint density at radius 2 is 2.05 bits per heavy atom. The van der Waals surface area contributed by atoms with E-state index in [9.17, 15) is 4.79 Å². The molecule has 1 atom stereocenters. The van der Waals surface area contributed by atoms with Crippen molar-refractivity contribution in [1.82, 2.24) is 4.90 Å². The highest BCUT2D eigenvalue weighted by molar-refractivity contribution is 6.35. The summed E-state index contributed by atoms with van der Waals surface area (Å²) < 4.78 is 0. The first-order valence-corrected chi connectivity index (χ1v) is 7.07. The lowest BCUT2D eigenvalue weighted by atomic mass is 9.79. The summed E-state index contributed by atoms with van der Waals surface area (Å²) in [6.07, 6.45) is 0.803. The van der Waals surface area contributed by atoms with Crippen molar-refractivity contribution in [1.29, 1.82) is 0 Å². The van der Waals surface area contributed by atoms with Crippen molar-refractivity contribution in [2.45, 2.75) is 26.3 Å². The van der Waals surface area contributed by atoms with Gasteiger partial charge in [0.2, 0.25) is 0 Å². The summed E-state index contributed by atoms with van der Waals surface area (Å²) in [5.41, 5.74) is 6.46. The predicted molar refractivity (Wildman–Crippen MR) is 86.0 cm³/mol. The molecule has 1 aromatic rings. The number of hydrogen-bond donors (Lipinski definition) is 1. The maximum absolute atomic E-state index is 12.5. The van der Waals surface area contributed by atoms with Crippen molar-refractivity contribution >= 4 is 41.5 Å². The van der Waals surface area contributed by atoms with E-state index in [4.69, 9.17) is 28.9 Å². The molecule has 112 valence electrons. The Morgan fingerprint density at radius 3 is 2.65 bits per heavy atom. The summed E-state index contributed by atoms with van der Waals surface area (Å²) >= 11 is 12.0. The van der Waals surface area contributed by atoms with Crippen LogP contribution in [0.1, 0.15) is 30.6 Å². The van der Waals surface area contributed by atoms with E-state index in [0.29, 0.717) is 28.7 Å². The second-order valence-corrected chi connectivity index (χ2v) is 6.58. The zero-order chi connectivity index (χ0) is 14.2. The lowest BCUT2D eigenvalue weighted by Gasteiger charge is -2.42. The lowest BCUT2D eigenvalue weighted by molar-refractivity contribution is 0.0533. The van der Waals surface area contributed by atoms with Crippen LogP contribution in [0.25, 0.3) is 0 Å². The number of rotatable bonds is 1. The molecule has 1 unspecified atom stereocenters. The van der Waals surface area contributed by atoms with E-state index in [2.05, 4.69) is 13.8 Å². The fraction of sp³-hybridized carbons (Fsp3) is 0.500. The maximum Gasteiger partial charge on any atom is 0.255 e. The SMILES string of the molecule is CC1(C)CN(C(=O)c2cc(Cl)ccc2Cl)CCC1N.Cl. The molecule has 3 nitrogen and oxygen atoms in total. The van der Waals surface area contributed by atoms with E-state index in [1.54, 1.807) is 23.1 Å². The first-order chi connectivity index (χ1) is 8.81. The molecule has 0 spiro atoms. The molecule has 1 fully saturated rings. The number of hydrogen-bond acceptors (Lipinski definition) is 2. The number of amides is 1. The fourth-order valence-electron chi connectivity index (χ4n) is 2.38. The number of carbonyl (C=O) groups is 1. The van der Waals surface area contributed by atoms with Gasteiger partial charge in [-0.2, -0.15) is 0 Å². The minimum atomic E-state index is -0.0844. The van der Waals surface area contributed by atoms with E-state index in [1.165, 1.54) is 0 Å². The molecule has 6 heteroatoms. The molecule has 1 aliphatic rings. The van der Waals surface area contributed by atoms with Crippen molar-refractivity contribution in [3.63, 3.8) is 0 Å². The zero-order valence-corrected chi connectivity index (χ0v) is 13.9. The molecule has 2 N–H and O–H groups in total. The highest BCUT2D eigenvalue weighted by Crippen LogP contribution is 2.30. The summed E-state index contributed by atoms with van der Waals surface area (Å²) in [4.78, 5) is 14.3. The van der Waals surface area contributed by atoms with Crippen LogP contribution >= 0.6 is 35.6 Å². The van der Waals surface area contributed by atoms with Gasteiger partial charge in [0.05, 0.1) is 10.6 Å². The number of halogens is 3. The Bertz CT molecular complexity index is 505. The van der Waals surface area contributed by atoms with Crippen molar-refractivity contribution in [2.24, 2.45) is 11.1 Å². The van der Waals surface area contributed by atoms with E-state index in [-0.39, 0.29) is 29.8 Å². The van der Waals surface area contributed by atoms with Crippen molar-refractivity contribution in [3.8, 4) is 0 Å². The summed E-state index contributed by atoms with van der Waals surface area (Å²) in [7, 11) is 0. The monoisotopic (exact) mass is 336 g/mol. The van der Waals surface area contributed by atoms with Crippen LogP contribution in [0, 0.1) is 5.41 Å². The quantitative estimate of drug-likeness (QED) is 0.851. The van der Waals surface area contributed by atoms with Gasteiger partial charge in [-0.1, -0.05) is 37.0 Å². The van der Waals surface area contributed by atoms with Crippen LogP contribution in [0.4, 0.5) is 0 Å². The van der Waals surface area contributed by atoms with Gasteiger partial charge >= 0.3 is 0 Å². The Hall–Kier alpha value is -0.480. The second kappa shape index (κ2) is 6.52. The fourth-order valence-corrected chi connectivity index (χ4v) is 2.75. The summed E-state index contributed by atoms with van der Waals surface area (Å²) in [5.74, 6) is -0.0764. The smallest absolute Gasteiger partial charge is 0.255 e. The molecular weight excluding hydrogens is 319 g/mol. The largest absolute Gasteiger partial charge is 0.338 e. The van der Waals surface area contributed by atoms with Gasteiger partial charge in [0.25, 0.3) is 5.91 Å². The van der Waals surface area contributed by atoms with Crippen LogP contribution < -0.4 is 5.73 Å². The van der Waals surface area contributed by atoms with Crippen LogP contribution in [-0.4, -0.2) is 29.9 Å². The molecule has 0 aromatic heterocycles. The normalized spacial score (nSPS) is 21.2. The van der Waals surface area contributed by atoms with Gasteiger partial charge in [0, 0.05) is 24.2 Å². The van der Waals surface area contributed by atoms with E-state index >= 15 is 0 Å². The first-order valence-electron chi connectivity index (χ1n) is 6.31. The maximum atomic E-state index is 12.5. The molecule has 2 rings (SSSR count). The molecule has 1 saturated heterocycles. The zero-order valence-electron chi connectivity index (χ0n) is 11.5. The molecule has 0 saturated carbocycles. The molecule has 1 amide bonds. The van der Waals surface area contributed by atoms with E-state index in [1.807, 2.05) is 0 Å². The van der Waals surface area contributed by atoms with Gasteiger partial charge in [-0.25, -0.2) is 0 Å². The molecular formula is C14H19Cl3N2O. The number of nitrogens with two attached hydrogens (primary N) is 1. The summed E-state index contributed by atoms with van der Waals surface area (Å²) in [6.45, 7) is 5.45. The van der Waals surface area contributed by atoms with Crippen molar-refractivity contribution < 1.29 is 4.79 Å². The first kappa shape index (κ1) is 17.6. The lowest BCUT2D eigenvalue weighted by Crippen LogP contribution is -2.54. The number of benzene rings is 1. The summed E-state index contributed by atoms with van der Waals surface area (Å²) in [6, 6.07) is 5.06. The summed E-state index contributed by atoms with van der Waals surface area (Å²) in [5, 5.41) is 0.947. The number of piperidine rings is 1. The van der Waals surface area contributed by atoms with Gasteiger partial charge in [-0.15, -0.1) is 12.4 Å². The third-order valence-electron chi connectivity index (χ3n) is 3.76. The van der Waals surface area contributed by atoms with Gasteiger partial charge < -0.3 is 10.6 Å². The van der Waals surface area contributed by atoms with Crippen LogP contribution in [0.15, 0.2) is 18.2 Å². The molecule has 1 aromatic carbocycles. The van der Waals surface area contributed by atoms with Crippen LogP contribution in [0.2, 0.25) is 10.0 Å². The van der Waals surface area contributed by atoms with Gasteiger partial charge in [0.15, 0.2) is 0 Å². The highest BCUT2D eigenvalue weighted by atomic mass is 35.5. The third kappa shape index (κ3) is 3.59. The minimum Gasteiger partial charge on any atom is -0.338 e. The second-order valence-electron chi connectivity index (χ2n) is 5.73. The van der Waals surface area contributed by atoms with Gasteiger partial charge in [0.1, 0.15) is 0 Å². The molecule has 1 aliphatic heterocycles. The third-order valence-corrected chi connectivity index (χ3v) is 4.32. The van der Waals surface area contributed by atoms with Crippen LogP contribution in [-0.2, 0) is 0 Å². The molecule has 0 aliphatic carbocycles. The van der Waals surface area contributed by atoms with E-state index in [0.717, 1.165) is 6.42 Å². The Kier molecular flexibility index (Phi) is 5.73. The average Bonchev–Trinajstić information content (AvgIpc) is 2.35.